The average molecular weight is 439 g/mol. The number of fused-ring (bicyclic) bond motifs is 1. The first-order valence-corrected chi connectivity index (χ1v) is 10.5. The number of phenolic OH excluding ortho intramolecular Hbond substituents is 3. The van der Waals surface area contributed by atoms with Gasteiger partial charge in [0.15, 0.2) is 5.78 Å². The minimum Gasteiger partial charge on any atom is -0.508 e. The van der Waals surface area contributed by atoms with Gasteiger partial charge in [-0.15, -0.1) is 0 Å². The van der Waals surface area contributed by atoms with E-state index in [4.69, 9.17) is 9.47 Å². The molecule has 1 atom stereocenters. The molecular formula is C26H30O6. The lowest BCUT2D eigenvalue weighted by molar-refractivity contribution is 0.0270. The second-order valence-electron chi connectivity index (χ2n) is 8.84. The Balaban J connectivity index is 1.99. The van der Waals surface area contributed by atoms with Crippen LogP contribution >= 0.6 is 0 Å². The highest BCUT2D eigenvalue weighted by molar-refractivity contribution is 6.11. The predicted octanol–water partition coefficient (Wildman–Crippen LogP) is 5.39. The van der Waals surface area contributed by atoms with E-state index >= 15 is 0 Å². The first kappa shape index (κ1) is 23.3. The number of hydrogen-bond donors (Lipinski definition) is 3. The fourth-order valence-corrected chi connectivity index (χ4v) is 3.88. The molecule has 0 fully saturated rings. The summed E-state index contributed by atoms with van der Waals surface area (Å²) < 4.78 is 11.6. The van der Waals surface area contributed by atoms with Crippen LogP contribution < -0.4 is 9.47 Å². The normalized spacial score (nSPS) is 16.8. The maximum absolute atomic E-state index is 13.0. The molecule has 3 rings (SSSR count). The third kappa shape index (κ3) is 4.74. The van der Waals surface area contributed by atoms with Crippen LogP contribution in [0.25, 0.3) is 6.08 Å². The lowest BCUT2D eigenvalue weighted by atomic mass is 9.79. The van der Waals surface area contributed by atoms with Crippen molar-refractivity contribution in [1.82, 2.24) is 0 Å². The van der Waals surface area contributed by atoms with Gasteiger partial charge in [0.1, 0.15) is 39.9 Å². The van der Waals surface area contributed by atoms with Crippen molar-refractivity contribution in [2.45, 2.75) is 46.1 Å². The summed E-state index contributed by atoms with van der Waals surface area (Å²) in [5, 5.41) is 30.4. The second kappa shape index (κ2) is 8.99. The summed E-state index contributed by atoms with van der Waals surface area (Å²) >= 11 is 0. The van der Waals surface area contributed by atoms with Crippen LogP contribution in [0.1, 0.15) is 55.6 Å². The minimum atomic E-state index is -0.472. The van der Waals surface area contributed by atoms with E-state index in [0.717, 1.165) is 6.42 Å². The maximum Gasteiger partial charge on any atom is 0.193 e. The first-order valence-electron chi connectivity index (χ1n) is 10.5. The largest absolute Gasteiger partial charge is 0.508 e. The Morgan fingerprint density at radius 3 is 2.56 bits per heavy atom. The van der Waals surface area contributed by atoms with Crippen LogP contribution in [0.4, 0.5) is 0 Å². The molecule has 0 amide bonds. The summed E-state index contributed by atoms with van der Waals surface area (Å²) in [6.07, 6.45) is 6.19. The van der Waals surface area contributed by atoms with Crippen molar-refractivity contribution in [3.63, 3.8) is 0 Å². The van der Waals surface area contributed by atoms with Gasteiger partial charge in [0.25, 0.3) is 0 Å². The van der Waals surface area contributed by atoms with E-state index in [1.54, 1.807) is 6.07 Å². The van der Waals surface area contributed by atoms with Gasteiger partial charge in [0.2, 0.25) is 0 Å². The van der Waals surface area contributed by atoms with Crippen LogP contribution in [0.3, 0.4) is 0 Å². The fourth-order valence-electron chi connectivity index (χ4n) is 3.88. The number of carbonyl (C=O) groups excluding carboxylic acids is 1. The Bertz CT molecular complexity index is 1090. The molecule has 3 N–H and O–H groups in total. The van der Waals surface area contributed by atoms with Crippen molar-refractivity contribution in [1.29, 1.82) is 0 Å². The first-order chi connectivity index (χ1) is 15.0. The van der Waals surface area contributed by atoms with Crippen molar-refractivity contribution >= 4 is 11.9 Å². The zero-order chi connectivity index (χ0) is 23.6. The molecule has 1 unspecified atom stereocenters. The van der Waals surface area contributed by atoms with E-state index in [1.165, 1.54) is 43.0 Å². The van der Waals surface area contributed by atoms with Gasteiger partial charge >= 0.3 is 0 Å². The number of ketones is 1. The zero-order valence-electron chi connectivity index (χ0n) is 19.1. The summed E-state index contributed by atoms with van der Waals surface area (Å²) in [6.45, 7) is 8.13. The number of phenols is 3. The highest BCUT2D eigenvalue weighted by Gasteiger charge is 2.39. The number of benzene rings is 2. The highest BCUT2D eigenvalue weighted by atomic mass is 16.5. The van der Waals surface area contributed by atoms with Gasteiger partial charge in [0, 0.05) is 29.2 Å². The van der Waals surface area contributed by atoms with Crippen LogP contribution in [0.15, 0.2) is 42.0 Å². The summed E-state index contributed by atoms with van der Waals surface area (Å²) in [5.41, 5.74) is 1.76. The molecule has 2 aromatic carbocycles. The molecule has 0 spiro atoms. The Morgan fingerprint density at radius 2 is 1.94 bits per heavy atom. The number of rotatable bonds is 6. The van der Waals surface area contributed by atoms with Crippen molar-refractivity contribution < 1.29 is 29.6 Å². The number of ether oxygens (including phenoxy) is 2. The van der Waals surface area contributed by atoms with Gasteiger partial charge in [-0.3, -0.25) is 4.79 Å². The Kier molecular flexibility index (Phi) is 6.53. The summed E-state index contributed by atoms with van der Waals surface area (Å²) in [4.78, 5) is 13.0. The van der Waals surface area contributed by atoms with E-state index in [1.807, 2.05) is 27.7 Å². The minimum absolute atomic E-state index is 0.0463. The third-order valence-electron chi connectivity index (χ3n) is 5.84. The van der Waals surface area contributed by atoms with Crippen molar-refractivity contribution in [3.8, 4) is 28.7 Å². The van der Waals surface area contributed by atoms with Gasteiger partial charge in [-0.25, -0.2) is 0 Å². The number of allylic oxidation sites excluding steroid dienone is 3. The number of methoxy groups -OCH3 is 1. The molecular weight excluding hydrogens is 408 g/mol. The molecule has 1 heterocycles. The summed E-state index contributed by atoms with van der Waals surface area (Å²) in [7, 11) is 1.43. The number of aromatic hydroxyl groups is 3. The summed E-state index contributed by atoms with van der Waals surface area (Å²) in [6, 6.07) is 5.73. The van der Waals surface area contributed by atoms with Crippen molar-refractivity contribution in [2.24, 2.45) is 5.92 Å². The SMILES string of the molecule is COc1cc2c(c(O)c1C(=O)C=Cc1ccc(O)cc1O)CC(CC=C(C)C)C(C)(C)O2. The number of hydrogen-bond acceptors (Lipinski definition) is 6. The Hall–Kier alpha value is -3.41. The Labute approximate surface area is 188 Å². The van der Waals surface area contributed by atoms with Gasteiger partial charge in [0.05, 0.1) is 7.11 Å². The molecule has 32 heavy (non-hydrogen) atoms. The molecule has 0 saturated carbocycles. The average Bonchev–Trinajstić information content (AvgIpc) is 2.70. The summed E-state index contributed by atoms with van der Waals surface area (Å²) in [5.74, 6) is -0.0172. The van der Waals surface area contributed by atoms with Crippen LogP contribution in [-0.4, -0.2) is 33.8 Å². The van der Waals surface area contributed by atoms with Crippen LogP contribution in [0.2, 0.25) is 0 Å². The zero-order valence-corrected chi connectivity index (χ0v) is 19.1. The quantitative estimate of drug-likeness (QED) is 0.318. The molecule has 170 valence electrons. The van der Waals surface area contributed by atoms with E-state index in [2.05, 4.69) is 6.08 Å². The molecule has 0 radical (unpaired) electrons. The molecule has 1 aliphatic heterocycles. The lowest BCUT2D eigenvalue weighted by Crippen LogP contribution is -2.42. The molecule has 6 nitrogen and oxygen atoms in total. The van der Waals surface area contributed by atoms with Gasteiger partial charge in [-0.2, -0.15) is 0 Å². The van der Waals surface area contributed by atoms with Gasteiger partial charge in [-0.1, -0.05) is 11.6 Å². The molecule has 1 aliphatic rings. The number of carbonyl (C=O) groups is 1. The lowest BCUT2D eigenvalue weighted by Gasteiger charge is -2.40. The van der Waals surface area contributed by atoms with E-state index < -0.39 is 11.4 Å². The molecule has 0 aliphatic carbocycles. The Morgan fingerprint density at radius 1 is 1.22 bits per heavy atom. The highest BCUT2D eigenvalue weighted by Crippen LogP contribution is 2.47. The molecule has 0 aromatic heterocycles. The molecule has 6 heteroatoms. The second-order valence-corrected chi connectivity index (χ2v) is 8.84. The van der Waals surface area contributed by atoms with Crippen LogP contribution in [-0.2, 0) is 6.42 Å². The van der Waals surface area contributed by atoms with Crippen molar-refractivity contribution in [2.75, 3.05) is 7.11 Å². The molecule has 0 saturated heterocycles. The maximum atomic E-state index is 13.0. The fraction of sp³-hybridized carbons (Fsp3) is 0.346. The monoisotopic (exact) mass is 438 g/mol. The molecule has 2 aromatic rings. The third-order valence-corrected chi connectivity index (χ3v) is 5.84. The topological polar surface area (TPSA) is 96.2 Å². The van der Waals surface area contributed by atoms with E-state index in [0.29, 0.717) is 23.3 Å². The van der Waals surface area contributed by atoms with Crippen LogP contribution in [0, 0.1) is 5.92 Å². The van der Waals surface area contributed by atoms with Gasteiger partial charge in [-0.05, 0) is 64.8 Å². The smallest absolute Gasteiger partial charge is 0.193 e. The standard InChI is InChI=1S/C26H30O6/c1-15(2)6-9-17-12-19-22(32-26(17,3)4)14-23(31-5)24(25(19)30)20(28)11-8-16-7-10-18(27)13-21(16)29/h6-8,10-11,13-14,17,27,29-30H,9,12H2,1-5H3. The van der Waals surface area contributed by atoms with E-state index in [-0.39, 0.29) is 34.5 Å². The molecule has 0 bridgehead atoms. The van der Waals surface area contributed by atoms with E-state index in [9.17, 15) is 20.1 Å². The van der Waals surface area contributed by atoms with Crippen molar-refractivity contribution in [3.05, 3.63) is 58.7 Å². The van der Waals surface area contributed by atoms with Gasteiger partial charge < -0.3 is 24.8 Å². The van der Waals surface area contributed by atoms with Crippen LogP contribution in [0.5, 0.6) is 28.7 Å². The predicted molar refractivity (Wildman–Crippen MR) is 124 cm³/mol.